The smallest absolute Gasteiger partial charge is 0.238 e. The predicted molar refractivity (Wildman–Crippen MR) is 102 cm³/mol. The summed E-state index contributed by atoms with van der Waals surface area (Å²) in [4.78, 5) is 25.8. The molecule has 2 aromatic rings. The van der Waals surface area contributed by atoms with Crippen LogP contribution in [0.15, 0.2) is 30.3 Å². The van der Waals surface area contributed by atoms with Crippen LogP contribution < -0.4 is 10.6 Å². The lowest BCUT2D eigenvalue weighted by Gasteiger charge is -2.21. The van der Waals surface area contributed by atoms with Crippen molar-refractivity contribution < 1.29 is 27.2 Å². The first-order chi connectivity index (χ1) is 13.7. The molecule has 0 aliphatic heterocycles. The number of amides is 2. The number of carbonyl (C=O) groups is 2. The van der Waals surface area contributed by atoms with Crippen molar-refractivity contribution >= 4 is 34.8 Å². The third-order valence-electron chi connectivity index (χ3n) is 3.79. The minimum absolute atomic E-state index is 0.104. The van der Waals surface area contributed by atoms with E-state index >= 15 is 0 Å². The monoisotopic (exact) mass is 431 g/mol. The van der Waals surface area contributed by atoms with Crippen LogP contribution in [0.4, 0.5) is 28.9 Å². The fraction of sp³-hybridized carbons (Fsp3) is 0.263. The summed E-state index contributed by atoms with van der Waals surface area (Å²) in [5, 5.41) is 4.73. The third kappa shape index (κ3) is 6.43. The molecule has 2 aromatic carbocycles. The van der Waals surface area contributed by atoms with Crippen LogP contribution in [0.3, 0.4) is 0 Å². The van der Waals surface area contributed by atoms with E-state index < -0.39 is 40.8 Å². The molecule has 0 aromatic heterocycles. The van der Waals surface area contributed by atoms with Crippen molar-refractivity contribution in [3.63, 3.8) is 0 Å². The molecule has 0 saturated carbocycles. The van der Waals surface area contributed by atoms with Gasteiger partial charge in [0.25, 0.3) is 0 Å². The number of benzene rings is 2. The quantitative estimate of drug-likeness (QED) is 0.487. The van der Waals surface area contributed by atoms with Crippen LogP contribution in [-0.2, 0) is 9.59 Å². The molecule has 0 bridgehead atoms. The molecular formula is C19H18ClF4N3O2. The van der Waals surface area contributed by atoms with Crippen LogP contribution >= 0.6 is 11.6 Å². The molecule has 0 fully saturated rings. The number of hydrogen-bond donors (Lipinski definition) is 2. The lowest BCUT2D eigenvalue weighted by molar-refractivity contribution is -0.120. The summed E-state index contributed by atoms with van der Waals surface area (Å²) in [7, 11) is 0. The van der Waals surface area contributed by atoms with Crippen LogP contribution in [0.5, 0.6) is 0 Å². The van der Waals surface area contributed by atoms with Gasteiger partial charge in [-0.05, 0) is 43.3 Å². The molecule has 0 aliphatic carbocycles. The minimum atomic E-state index is -1.70. The van der Waals surface area contributed by atoms with Crippen LogP contribution in [0, 0.1) is 23.3 Å². The number of nitrogens with one attached hydrogen (secondary N) is 2. The van der Waals surface area contributed by atoms with E-state index in [4.69, 9.17) is 11.6 Å². The zero-order valence-electron chi connectivity index (χ0n) is 15.4. The van der Waals surface area contributed by atoms with Gasteiger partial charge >= 0.3 is 0 Å². The Kier molecular flexibility index (Phi) is 7.98. The van der Waals surface area contributed by atoms with E-state index in [0.717, 1.165) is 12.1 Å². The van der Waals surface area contributed by atoms with Crippen molar-refractivity contribution in [2.75, 3.05) is 30.3 Å². The SMILES string of the molecule is CCCN(CC(=O)Nc1cc(Cl)ccc1F)CC(=O)Nc1ccc(F)c(F)c1F. The molecule has 2 rings (SSSR count). The summed E-state index contributed by atoms with van der Waals surface area (Å²) in [5.41, 5.74) is -0.622. The maximum atomic E-state index is 13.7. The summed E-state index contributed by atoms with van der Waals surface area (Å²) in [6.07, 6.45) is 0.589. The topological polar surface area (TPSA) is 61.4 Å². The number of carbonyl (C=O) groups excluding carboxylic acids is 2. The number of nitrogens with zero attached hydrogens (tertiary/aromatic N) is 1. The second-order valence-electron chi connectivity index (χ2n) is 6.15. The highest BCUT2D eigenvalue weighted by Crippen LogP contribution is 2.20. The van der Waals surface area contributed by atoms with E-state index in [1.54, 1.807) is 0 Å². The molecule has 0 spiro atoms. The Morgan fingerprint density at radius 1 is 0.897 bits per heavy atom. The maximum Gasteiger partial charge on any atom is 0.238 e. The van der Waals surface area contributed by atoms with Gasteiger partial charge in [-0.1, -0.05) is 18.5 Å². The third-order valence-corrected chi connectivity index (χ3v) is 4.02. The van der Waals surface area contributed by atoms with Gasteiger partial charge < -0.3 is 10.6 Å². The average molecular weight is 432 g/mol. The molecule has 0 saturated heterocycles. The van der Waals surface area contributed by atoms with Gasteiger partial charge in [-0.2, -0.15) is 0 Å². The molecule has 0 unspecified atom stereocenters. The zero-order valence-corrected chi connectivity index (χ0v) is 16.1. The van der Waals surface area contributed by atoms with Gasteiger partial charge in [0.05, 0.1) is 24.5 Å². The molecule has 0 aliphatic rings. The first-order valence-corrected chi connectivity index (χ1v) is 8.99. The molecule has 0 radical (unpaired) electrons. The summed E-state index contributed by atoms with van der Waals surface area (Å²) in [6, 6.07) is 5.26. The lowest BCUT2D eigenvalue weighted by atomic mass is 10.2. The van der Waals surface area contributed by atoms with Crippen molar-refractivity contribution in [1.82, 2.24) is 4.90 Å². The second-order valence-corrected chi connectivity index (χ2v) is 6.59. The predicted octanol–water partition coefficient (Wildman–Crippen LogP) is 4.19. The molecule has 29 heavy (non-hydrogen) atoms. The molecule has 0 heterocycles. The standard InChI is InChI=1S/C19H18ClF4N3O2/c1-2-7-27(10-17(29)26-15-8-11(20)3-4-12(15)21)9-16(28)25-14-6-5-13(22)18(23)19(14)24/h3-6,8H,2,7,9-10H2,1H3,(H,25,28)(H,26,29). The number of hydrogen-bond acceptors (Lipinski definition) is 3. The van der Waals surface area contributed by atoms with Gasteiger partial charge in [0, 0.05) is 5.02 Å². The van der Waals surface area contributed by atoms with Gasteiger partial charge in [-0.15, -0.1) is 0 Å². The normalized spacial score (nSPS) is 10.9. The van der Waals surface area contributed by atoms with Crippen LogP contribution in [0.1, 0.15) is 13.3 Å². The Hall–Kier alpha value is -2.65. The van der Waals surface area contributed by atoms with Crippen molar-refractivity contribution in [2.45, 2.75) is 13.3 Å². The van der Waals surface area contributed by atoms with Gasteiger partial charge in [-0.25, -0.2) is 17.6 Å². The fourth-order valence-electron chi connectivity index (χ4n) is 2.53. The molecule has 5 nitrogen and oxygen atoms in total. The fourth-order valence-corrected chi connectivity index (χ4v) is 2.70. The van der Waals surface area contributed by atoms with Gasteiger partial charge in [-0.3, -0.25) is 14.5 Å². The minimum Gasteiger partial charge on any atom is -0.322 e. The zero-order chi connectivity index (χ0) is 21.6. The Bertz CT molecular complexity index is 911. The maximum absolute atomic E-state index is 13.7. The van der Waals surface area contributed by atoms with E-state index in [-0.39, 0.29) is 23.8 Å². The van der Waals surface area contributed by atoms with Crippen molar-refractivity contribution in [1.29, 1.82) is 0 Å². The second kappa shape index (κ2) is 10.2. The summed E-state index contributed by atoms with van der Waals surface area (Å²) >= 11 is 5.77. The highest BCUT2D eigenvalue weighted by Gasteiger charge is 2.18. The van der Waals surface area contributed by atoms with E-state index in [2.05, 4.69) is 10.6 Å². The molecule has 0 atom stereocenters. The lowest BCUT2D eigenvalue weighted by Crippen LogP contribution is -2.39. The number of halogens is 5. The highest BCUT2D eigenvalue weighted by molar-refractivity contribution is 6.30. The first-order valence-electron chi connectivity index (χ1n) is 8.61. The Morgan fingerprint density at radius 3 is 2.10 bits per heavy atom. The molecule has 2 N–H and O–H groups in total. The molecular weight excluding hydrogens is 414 g/mol. The molecule has 10 heteroatoms. The van der Waals surface area contributed by atoms with Gasteiger partial charge in [0.1, 0.15) is 5.82 Å². The Labute approximate surface area is 169 Å². The Balaban J connectivity index is 2.00. The van der Waals surface area contributed by atoms with Crippen molar-refractivity contribution in [3.05, 3.63) is 58.6 Å². The van der Waals surface area contributed by atoms with Crippen LogP contribution in [0.2, 0.25) is 5.02 Å². The van der Waals surface area contributed by atoms with E-state index in [1.807, 2.05) is 6.92 Å². The van der Waals surface area contributed by atoms with Crippen molar-refractivity contribution in [3.8, 4) is 0 Å². The van der Waals surface area contributed by atoms with Crippen molar-refractivity contribution in [2.24, 2.45) is 0 Å². The van der Waals surface area contributed by atoms with Crippen LogP contribution in [0.25, 0.3) is 0 Å². The number of anilines is 2. The van der Waals surface area contributed by atoms with Gasteiger partial charge in [0.15, 0.2) is 17.5 Å². The Morgan fingerprint density at radius 2 is 1.48 bits per heavy atom. The van der Waals surface area contributed by atoms with E-state index in [0.29, 0.717) is 19.0 Å². The summed E-state index contributed by atoms with van der Waals surface area (Å²) < 4.78 is 53.6. The highest BCUT2D eigenvalue weighted by atomic mass is 35.5. The first kappa shape index (κ1) is 22.6. The summed E-state index contributed by atoms with van der Waals surface area (Å²) in [6.45, 7) is 1.57. The molecule has 2 amide bonds. The largest absolute Gasteiger partial charge is 0.322 e. The van der Waals surface area contributed by atoms with Crippen LogP contribution in [-0.4, -0.2) is 36.3 Å². The van der Waals surface area contributed by atoms with E-state index in [9.17, 15) is 27.2 Å². The van der Waals surface area contributed by atoms with Gasteiger partial charge in [0.2, 0.25) is 11.8 Å². The molecule has 156 valence electrons. The number of rotatable bonds is 8. The summed E-state index contributed by atoms with van der Waals surface area (Å²) in [5.74, 6) is -6.59. The van der Waals surface area contributed by atoms with E-state index in [1.165, 1.54) is 17.0 Å². The average Bonchev–Trinajstić information content (AvgIpc) is 2.65.